The molecule has 1 aromatic rings. The van der Waals surface area contributed by atoms with Crippen LogP contribution in [-0.4, -0.2) is 37.2 Å². The van der Waals surface area contributed by atoms with Crippen molar-refractivity contribution in [3.8, 4) is 0 Å². The van der Waals surface area contributed by atoms with Gasteiger partial charge in [-0.05, 0) is 30.9 Å². The quantitative estimate of drug-likeness (QED) is 0.722. The second-order valence-electron chi connectivity index (χ2n) is 4.83. The predicted molar refractivity (Wildman–Crippen MR) is 77.3 cm³/mol. The average Bonchev–Trinajstić information content (AvgIpc) is 3.22. The number of aliphatic hydroxyl groups is 1. The second kappa shape index (κ2) is 6.10. The molecule has 0 amide bonds. The highest BCUT2D eigenvalue weighted by Gasteiger charge is 2.31. The molecule has 0 bridgehead atoms. The van der Waals surface area contributed by atoms with E-state index in [0.717, 1.165) is 25.0 Å². The number of carbonyl (C=O) groups is 1. The molecule has 9 heteroatoms. The van der Waals surface area contributed by atoms with E-state index in [1.54, 1.807) is 0 Å². The molecule has 1 saturated carbocycles. The standard InChI is InChI=1S/C12H13Cl2NO5S/c13-7-3-8(12(17)18)11(14)10(4-7)21(19,20)15-5-9(16)6-1-2-6/h3-4,6,9,15-16H,1-2,5H2,(H,17,18). The molecule has 21 heavy (non-hydrogen) atoms. The van der Waals surface area contributed by atoms with E-state index >= 15 is 0 Å². The molecule has 2 rings (SSSR count). The topological polar surface area (TPSA) is 104 Å². The van der Waals surface area contributed by atoms with Crippen molar-refractivity contribution in [1.82, 2.24) is 4.72 Å². The molecule has 0 aromatic heterocycles. The molecule has 116 valence electrons. The van der Waals surface area contributed by atoms with Crippen LogP contribution in [0.4, 0.5) is 0 Å². The molecular weight excluding hydrogens is 341 g/mol. The Morgan fingerprint density at radius 2 is 2.00 bits per heavy atom. The SMILES string of the molecule is O=C(O)c1cc(Cl)cc(S(=O)(=O)NCC(O)C2CC2)c1Cl. The maximum Gasteiger partial charge on any atom is 0.337 e. The van der Waals surface area contributed by atoms with Crippen molar-refractivity contribution in [2.45, 2.75) is 23.8 Å². The summed E-state index contributed by atoms with van der Waals surface area (Å²) < 4.78 is 26.6. The Bertz CT molecular complexity index is 672. The van der Waals surface area contributed by atoms with Crippen LogP contribution in [0.3, 0.4) is 0 Å². The number of benzene rings is 1. The third-order valence-electron chi connectivity index (χ3n) is 3.17. The number of rotatable bonds is 6. The maximum absolute atomic E-state index is 12.2. The smallest absolute Gasteiger partial charge is 0.337 e. The lowest BCUT2D eigenvalue weighted by atomic mass is 10.2. The molecule has 1 unspecified atom stereocenters. The first-order chi connectivity index (χ1) is 9.72. The van der Waals surface area contributed by atoms with E-state index in [9.17, 15) is 18.3 Å². The van der Waals surface area contributed by atoms with Gasteiger partial charge in [-0.3, -0.25) is 0 Å². The van der Waals surface area contributed by atoms with E-state index in [4.69, 9.17) is 28.3 Å². The summed E-state index contributed by atoms with van der Waals surface area (Å²) in [4.78, 5) is 10.6. The van der Waals surface area contributed by atoms with Crippen LogP contribution >= 0.6 is 23.2 Å². The summed E-state index contributed by atoms with van der Waals surface area (Å²) in [5.74, 6) is -1.27. The number of sulfonamides is 1. The minimum atomic E-state index is -4.06. The third-order valence-corrected chi connectivity index (χ3v) is 5.36. The van der Waals surface area contributed by atoms with Crippen LogP contribution in [0.5, 0.6) is 0 Å². The van der Waals surface area contributed by atoms with E-state index in [-0.39, 0.29) is 17.5 Å². The van der Waals surface area contributed by atoms with Gasteiger partial charge in [0.25, 0.3) is 0 Å². The lowest BCUT2D eigenvalue weighted by Gasteiger charge is -2.13. The normalized spacial score (nSPS) is 16.7. The molecule has 6 nitrogen and oxygen atoms in total. The summed E-state index contributed by atoms with van der Waals surface area (Å²) in [6, 6.07) is 2.15. The van der Waals surface area contributed by atoms with Gasteiger partial charge in [-0.1, -0.05) is 23.2 Å². The number of aromatic carboxylic acids is 1. The molecule has 1 aliphatic rings. The first kappa shape index (κ1) is 16.5. The lowest BCUT2D eigenvalue weighted by molar-refractivity contribution is 0.0697. The fourth-order valence-corrected chi connectivity index (χ4v) is 3.79. The third kappa shape index (κ3) is 3.87. The van der Waals surface area contributed by atoms with Crippen molar-refractivity contribution in [2.24, 2.45) is 5.92 Å². The second-order valence-corrected chi connectivity index (χ2v) is 7.38. The van der Waals surface area contributed by atoms with Gasteiger partial charge in [0, 0.05) is 11.6 Å². The minimum absolute atomic E-state index is 0.0556. The summed E-state index contributed by atoms with van der Waals surface area (Å²) in [5, 5.41) is 18.2. The Morgan fingerprint density at radius 1 is 1.38 bits per heavy atom. The number of nitrogens with one attached hydrogen (secondary N) is 1. The van der Waals surface area contributed by atoms with Crippen molar-refractivity contribution in [3.63, 3.8) is 0 Å². The zero-order chi connectivity index (χ0) is 15.8. The first-order valence-corrected chi connectivity index (χ1v) is 8.36. The Kier molecular flexibility index (Phi) is 4.79. The molecule has 1 aliphatic carbocycles. The highest BCUT2D eigenvalue weighted by molar-refractivity contribution is 7.89. The average molecular weight is 354 g/mol. The number of carboxylic acids is 1. The Hall–Kier alpha value is -0.860. The lowest BCUT2D eigenvalue weighted by Crippen LogP contribution is -2.33. The fraction of sp³-hybridized carbons (Fsp3) is 0.417. The van der Waals surface area contributed by atoms with Crippen LogP contribution in [0.15, 0.2) is 17.0 Å². The number of aliphatic hydroxyl groups excluding tert-OH is 1. The Morgan fingerprint density at radius 3 is 2.52 bits per heavy atom. The van der Waals surface area contributed by atoms with Gasteiger partial charge in [-0.2, -0.15) is 0 Å². The summed E-state index contributed by atoms with van der Waals surface area (Å²) in [6.07, 6.45) is 0.963. The molecule has 3 N–H and O–H groups in total. The zero-order valence-electron chi connectivity index (χ0n) is 10.7. The van der Waals surface area contributed by atoms with Crippen molar-refractivity contribution in [3.05, 3.63) is 27.7 Å². The summed E-state index contributed by atoms with van der Waals surface area (Å²) in [7, 11) is -4.06. The van der Waals surface area contributed by atoms with Crippen LogP contribution in [0, 0.1) is 5.92 Å². The molecule has 1 fully saturated rings. The minimum Gasteiger partial charge on any atom is -0.478 e. The largest absolute Gasteiger partial charge is 0.478 e. The fourth-order valence-electron chi connectivity index (χ4n) is 1.84. The van der Waals surface area contributed by atoms with Crippen LogP contribution < -0.4 is 4.72 Å². The van der Waals surface area contributed by atoms with Crippen LogP contribution in [-0.2, 0) is 10.0 Å². The van der Waals surface area contributed by atoms with Gasteiger partial charge >= 0.3 is 5.97 Å². The number of carboxylic acid groups (broad SMARTS) is 1. The van der Waals surface area contributed by atoms with Crippen molar-refractivity contribution >= 4 is 39.2 Å². The number of halogens is 2. The van der Waals surface area contributed by atoms with Gasteiger partial charge < -0.3 is 10.2 Å². The molecule has 1 atom stereocenters. The van der Waals surface area contributed by atoms with Gasteiger partial charge in [-0.25, -0.2) is 17.9 Å². The molecule has 0 spiro atoms. The summed E-state index contributed by atoms with van der Waals surface area (Å²) in [6.45, 7) is -0.155. The van der Waals surface area contributed by atoms with Crippen molar-refractivity contribution in [2.75, 3.05) is 6.54 Å². The zero-order valence-corrected chi connectivity index (χ0v) is 13.0. The number of hydrogen-bond acceptors (Lipinski definition) is 4. The molecule has 0 aliphatic heterocycles. The van der Waals surface area contributed by atoms with Crippen molar-refractivity contribution < 1.29 is 23.4 Å². The first-order valence-electron chi connectivity index (χ1n) is 6.12. The highest BCUT2D eigenvalue weighted by atomic mass is 35.5. The number of hydrogen-bond donors (Lipinski definition) is 3. The highest BCUT2D eigenvalue weighted by Crippen LogP contribution is 2.33. The molecular formula is C12H13Cl2NO5S. The molecule has 0 heterocycles. The summed E-state index contributed by atoms with van der Waals surface area (Å²) >= 11 is 11.6. The van der Waals surface area contributed by atoms with Crippen LogP contribution in [0.25, 0.3) is 0 Å². The predicted octanol–water partition coefficient (Wildman–Crippen LogP) is 1.74. The van der Waals surface area contributed by atoms with Crippen LogP contribution in [0.1, 0.15) is 23.2 Å². The van der Waals surface area contributed by atoms with Gasteiger partial charge in [-0.15, -0.1) is 0 Å². The summed E-state index contributed by atoms with van der Waals surface area (Å²) in [5.41, 5.74) is -0.396. The Labute approximate surface area is 131 Å². The monoisotopic (exact) mass is 353 g/mol. The van der Waals surface area contributed by atoms with E-state index in [1.165, 1.54) is 0 Å². The van der Waals surface area contributed by atoms with Crippen LogP contribution in [0.2, 0.25) is 10.0 Å². The molecule has 0 radical (unpaired) electrons. The van der Waals surface area contributed by atoms with Gasteiger partial charge in [0.15, 0.2) is 0 Å². The molecule has 1 aromatic carbocycles. The van der Waals surface area contributed by atoms with Gasteiger partial charge in [0.1, 0.15) is 4.90 Å². The molecule has 0 saturated heterocycles. The van der Waals surface area contributed by atoms with Crippen molar-refractivity contribution in [1.29, 1.82) is 0 Å². The van der Waals surface area contributed by atoms with E-state index in [1.807, 2.05) is 0 Å². The van der Waals surface area contributed by atoms with Gasteiger partial charge in [0.05, 0.1) is 16.7 Å². The maximum atomic E-state index is 12.2. The van der Waals surface area contributed by atoms with E-state index in [2.05, 4.69) is 4.72 Å². The van der Waals surface area contributed by atoms with E-state index < -0.39 is 37.6 Å². The van der Waals surface area contributed by atoms with Gasteiger partial charge in [0.2, 0.25) is 10.0 Å². The van der Waals surface area contributed by atoms with E-state index in [0.29, 0.717) is 0 Å². The Balaban J connectivity index is 2.28.